The van der Waals surface area contributed by atoms with Crippen molar-refractivity contribution in [3.63, 3.8) is 0 Å². The zero-order valence-electron chi connectivity index (χ0n) is 25.1. The van der Waals surface area contributed by atoms with Crippen molar-refractivity contribution >= 4 is 50.7 Å². The van der Waals surface area contributed by atoms with Crippen molar-refractivity contribution in [3.8, 4) is 0 Å². The van der Waals surface area contributed by atoms with Crippen LogP contribution in [-0.4, -0.2) is 20.9 Å². The first kappa shape index (κ1) is 28.4. The molecule has 214 valence electrons. The van der Waals surface area contributed by atoms with Crippen LogP contribution in [0.25, 0.3) is 32.4 Å². The molecule has 0 saturated heterocycles. The van der Waals surface area contributed by atoms with Gasteiger partial charge in [-0.15, -0.1) is 0 Å². The fraction of sp³-hybridized carbons (Fsp3) is 0.222. The van der Waals surface area contributed by atoms with Crippen LogP contribution in [0.4, 0.5) is 0 Å². The quantitative estimate of drug-likeness (QED) is 0.155. The van der Waals surface area contributed by atoms with Gasteiger partial charge >= 0.3 is 0 Å². The molecule has 42 heavy (non-hydrogen) atoms. The molecule has 1 heterocycles. The van der Waals surface area contributed by atoms with Crippen molar-refractivity contribution in [2.75, 3.05) is 0 Å². The van der Waals surface area contributed by atoms with Crippen molar-refractivity contribution in [1.82, 2.24) is 8.95 Å². The molecule has 6 aromatic rings. The number of fused-ring (bicyclic) bond motifs is 3. The highest BCUT2D eigenvalue weighted by atomic mass is 32.2. The third-order valence-electron chi connectivity index (χ3n) is 9.20. The number of nitrogens with zero attached hydrogens (tertiary/aromatic N) is 1. The average Bonchev–Trinajstić information content (AvgIpc) is 3.35. The first-order valence-electron chi connectivity index (χ1n) is 14.5. The molecule has 5 aromatic carbocycles. The van der Waals surface area contributed by atoms with Crippen LogP contribution in [0, 0.1) is 6.92 Å². The SMILES string of the molecule is Cc1ccc(S(=O)(=O)NC(c2c3ccccc3cc3ccccc23)c2cn([Si](C)(C)C(C)(C)C)c3ccccc23)cc1. The van der Waals surface area contributed by atoms with Gasteiger partial charge in [0, 0.05) is 17.1 Å². The minimum atomic E-state index is -3.88. The van der Waals surface area contributed by atoms with Crippen molar-refractivity contribution in [2.45, 2.75) is 56.8 Å². The summed E-state index contributed by atoms with van der Waals surface area (Å²) in [6.45, 7) is 13.7. The number of aromatic nitrogens is 1. The summed E-state index contributed by atoms with van der Waals surface area (Å²) in [5.74, 6) is 0. The maximum Gasteiger partial charge on any atom is 0.241 e. The molecular weight excluding hydrogens is 553 g/mol. The number of para-hydroxylation sites is 1. The minimum absolute atomic E-state index is 0.0785. The topological polar surface area (TPSA) is 51.1 Å². The fourth-order valence-electron chi connectivity index (χ4n) is 5.84. The van der Waals surface area contributed by atoms with Crippen molar-refractivity contribution in [2.24, 2.45) is 0 Å². The van der Waals surface area contributed by atoms with E-state index in [1.807, 2.05) is 43.3 Å². The summed E-state index contributed by atoms with van der Waals surface area (Å²) in [6, 6.07) is 33.7. The Balaban J connectivity index is 1.70. The Hall–Kier alpha value is -3.71. The summed E-state index contributed by atoms with van der Waals surface area (Å²) >= 11 is 0. The van der Waals surface area contributed by atoms with E-state index in [1.165, 1.54) is 0 Å². The van der Waals surface area contributed by atoms with Crippen molar-refractivity contribution in [3.05, 3.63) is 126 Å². The van der Waals surface area contributed by atoms with Crippen molar-refractivity contribution < 1.29 is 8.42 Å². The van der Waals surface area contributed by atoms with E-state index in [-0.39, 0.29) is 9.93 Å². The van der Waals surface area contributed by atoms with Gasteiger partial charge in [-0.1, -0.05) is 118 Å². The number of hydrogen-bond acceptors (Lipinski definition) is 2. The number of benzene rings is 5. The van der Waals surface area contributed by atoms with E-state index in [9.17, 15) is 8.42 Å². The lowest BCUT2D eigenvalue weighted by molar-refractivity contribution is 0.573. The van der Waals surface area contributed by atoms with Crippen LogP contribution in [0.5, 0.6) is 0 Å². The van der Waals surface area contributed by atoms with Gasteiger partial charge in [-0.05, 0) is 68.9 Å². The van der Waals surface area contributed by atoms with E-state index in [0.717, 1.165) is 49.1 Å². The third-order valence-corrected chi connectivity index (χ3v) is 15.9. The predicted octanol–water partition coefficient (Wildman–Crippen LogP) is 9.18. The number of nitrogens with one attached hydrogen (secondary N) is 1. The molecule has 0 aliphatic carbocycles. The minimum Gasteiger partial charge on any atom is -0.374 e. The molecule has 0 radical (unpaired) electrons. The van der Waals surface area contributed by atoms with Crippen LogP contribution in [0.2, 0.25) is 18.1 Å². The summed E-state index contributed by atoms with van der Waals surface area (Å²) in [6.07, 6.45) is 2.24. The summed E-state index contributed by atoms with van der Waals surface area (Å²) in [5.41, 5.74) is 4.09. The summed E-state index contributed by atoms with van der Waals surface area (Å²) in [5, 5.41) is 5.39. The highest BCUT2D eigenvalue weighted by Crippen LogP contribution is 2.43. The maximum absolute atomic E-state index is 14.2. The van der Waals surface area contributed by atoms with Gasteiger partial charge in [0.1, 0.15) is 0 Å². The van der Waals surface area contributed by atoms with E-state index in [0.29, 0.717) is 0 Å². The molecule has 1 N–H and O–H groups in total. The Morgan fingerprint density at radius 2 is 1.26 bits per heavy atom. The van der Waals surface area contributed by atoms with Gasteiger partial charge in [-0.3, -0.25) is 0 Å². The van der Waals surface area contributed by atoms with Gasteiger partial charge in [0.15, 0.2) is 8.24 Å². The molecular formula is C36H38N2O2SSi. The Morgan fingerprint density at radius 3 is 1.83 bits per heavy atom. The second-order valence-corrected chi connectivity index (χ2v) is 19.7. The summed E-state index contributed by atoms with van der Waals surface area (Å²) in [4.78, 5) is 0.260. The average molecular weight is 591 g/mol. The lowest BCUT2D eigenvalue weighted by atomic mass is 9.89. The van der Waals surface area contributed by atoms with Gasteiger partial charge in [-0.2, -0.15) is 4.72 Å². The highest BCUT2D eigenvalue weighted by molar-refractivity contribution is 7.89. The molecule has 0 amide bonds. The van der Waals surface area contributed by atoms with E-state index in [1.54, 1.807) is 12.1 Å². The fourth-order valence-corrected chi connectivity index (χ4v) is 9.01. The first-order chi connectivity index (χ1) is 19.9. The smallest absolute Gasteiger partial charge is 0.241 e. The molecule has 0 aliphatic heterocycles. The van der Waals surface area contributed by atoms with Crippen LogP contribution < -0.4 is 4.72 Å². The van der Waals surface area contributed by atoms with E-state index in [2.05, 4.69) is 104 Å². The Labute approximate surface area is 250 Å². The molecule has 6 rings (SSSR count). The van der Waals surface area contributed by atoms with E-state index >= 15 is 0 Å². The lowest BCUT2D eigenvalue weighted by Crippen LogP contribution is -2.45. The predicted molar refractivity (Wildman–Crippen MR) is 179 cm³/mol. The second kappa shape index (κ2) is 10.2. The molecule has 0 bridgehead atoms. The number of rotatable bonds is 6. The largest absolute Gasteiger partial charge is 0.374 e. The zero-order chi connectivity index (χ0) is 29.9. The molecule has 0 aliphatic rings. The number of aryl methyl sites for hydroxylation is 1. The van der Waals surface area contributed by atoms with Gasteiger partial charge in [0.25, 0.3) is 0 Å². The Kier molecular flexibility index (Phi) is 6.92. The number of hydrogen-bond donors (Lipinski definition) is 1. The van der Waals surface area contributed by atoms with Crippen LogP contribution in [0.3, 0.4) is 0 Å². The summed E-state index contributed by atoms with van der Waals surface area (Å²) < 4.78 is 34.0. The molecule has 1 atom stereocenters. The monoisotopic (exact) mass is 590 g/mol. The standard InChI is InChI=1S/C36H38N2O2SSi/c1-25-19-21-28(22-20-25)41(39,40)37-35(34-29-15-9-7-13-26(29)23-27-14-8-10-16-30(27)34)32-24-38(42(5,6)36(2,3)4)33-18-12-11-17-31(32)33/h7-24,35,37H,1-6H3. The molecule has 1 aromatic heterocycles. The highest BCUT2D eigenvalue weighted by Gasteiger charge is 2.39. The molecule has 1 unspecified atom stereocenters. The van der Waals surface area contributed by atoms with Gasteiger partial charge in [-0.25, -0.2) is 8.42 Å². The Morgan fingerprint density at radius 1 is 0.738 bits per heavy atom. The van der Waals surface area contributed by atoms with Gasteiger partial charge < -0.3 is 4.23 Å². The zero-order valence-corrected chi connectivity index (χ0v) is 27.0. The number of sulfonamides is 1. The Bertz CT molecular complexity index is 2000. The van der Waals surface area contributed by atoms with Crippen molar-refractivity contribution in [1.29, 1.82) is 0 Å². The molecule has 0 spiro atoms. The lowest BCUT2D eigenvalue weighted by Gasteiger charge is -2.38. The van der Waals surface area contributed by atoms with Gasteiger partial charge in [0.2, 0.25) is 10.0 Å². The molecule has 6 heteroatoms. The second-order valence-electron chi connectivity index (χ2n) is 12.9. The van der Waals surface area contributed by atoms with Crippen LogP contribution in [-0.2, 0) is 10.0 Å². The molecule has 0 fully saturated rings. The summed E-state index contributed by atoms with van der Waals surface area (Å²) in [7, 11) is -5.95. The third kappa shape index (κ3) is 4.77. The first-order valence-corrected chi connectivity index (χ1v) is 18.9. The maximum atomic E-state index is 14.2. The molecule has 0 saturated carbocycles. The van der Waals surface area contributed by atoms with Gasteiger partial charge in [0.05, 0.1) is 10.9 Å². The van der Waals surface area contributed by atoms with Crippen LogP contribution >= 0.6 is 0 Å². The van der Waals surface area contributed by atoms with Crippen LogP contribution in [0.15, 0.2) is 114 Å². The normalized spacial score (nSPS) is 13.7. The molecule has 4 nitrogen and oxygen atoms in total. The van der Waals surface area contributed by atoms with Crippen LogP contribution in [0.1, 0.15) is 43.5 Å². The van der Waals surface area contributed by atoms with E-state index in [4.69, 9.17) is 0 Å². The van der Waals surface area contributed by atoms with E-state index < -0.39 is 24.3 Å².